The lowest BCUT2D eigenvalue weighted by Gasteiger charge is -2.11. The van der Waals surface area contributed by atoms with Gasteiger partial charge in [0.15, 0.2) is 0 Å². The average molecular weight is 231 g/mol. The predicted octanol–water partition coefficient (Wildman–Crippen LogP) is 1.29. The molecule has 5 nitrogen and oxygen atoms in total. The summed E-state index contributed by atoms with van der Waals surface area (Å²) in [6.45, 7) is 1.60. The molecule has 0 bridgehead atoms. The number of benzene rings is 1. The van der Waals surface area contributed by atoms with Crippen LogP contribution in [0.25, 0.3) is 0 Å². The van der Waals surface area contributed by atoms with Gasteiger partial charge in [0.25, 0.3) is 10.1 Å². The molecule has 0 radical (unpaired) electrons. The number of ether oxygens (including phenoxy) is 1. The summed E-state index contributed by atoms with van der Waals surface area (Å²) in [5.74, 6) is 0.371. The van der Waals surface area contributed by atoms with Gasteiger partial charge in [-0.2, -0.15) is 8.42 Å². The minimum atomic E-state index is -4.20. The van der Waals surface area contributed by atoms with E-state index in [9.17, 15) is 8.42 Å². The molecule has 1 aromatic carbocycles. The summed E-state index contributed by atoms with van der Waals surface area (Å²) in [7, 11) is -1.07. The van der Waals surface area contributed by atoms with E-state index in [2.05, 4.69) is 5.32 Å². The van der Waals surface area contributed by atoms with Gasteiger partial charge in [0.2, 0.25) is 0 Å². The lowest BCUT2D eigenvalue weighted by molar-refractivity contribution is 0.414. The summed E-state index contributed by atoms with van der Waals surface area (Å²) in [6, 6.07) is 2.89. The molecule has 1 rings (SSSR count). The highest BCUT2D eigenvalue weighted by Gasteiger charge is 2.16. The van der Waals surface area contributed by atoms with Gasteiger partial charge in [-0.05, 0) is 18.6 Å². The summed E-state index contributed by atoms with van der Waals surface area (Å²) in [5, 5.41) is 2.86. The van der Waals surface area contributed by atoms with Crippen molar-refractivity contribution in [3.8, 4) is 5.75 Å². The van der Waals surface area contributed by atoms with Crippen LogP contribution in [0.5, 0.6) is 5.75 Å². The molecule has 0 saturated heterocycles. The molecule has 15 heavy (non-hydrogen) atoms. The standard InChI is InChI=1S/C9H13NO4S/c1-6-4-7(10-2)8(14-3)5-9(6)15(11,12)13/h4-5,10H,1-3H3,(H,11,12,13). The first-order chi connectivity index (χ1) is 6.90. The van der Waals surface area contributed by atoms with Gasteiger partial charge in [0, 0.05) is 13.1 Å². The van der Waals surface area contributed by atoms with Crippen molar-refractivity contribution >= 4 is 15.8 Å². The molecule has 0 unspecified atom stereocenters. The topological polar surface area (TPSA) is 75.6 Å². The second kappa shape index (κ2) is 4.08. The maximum atomic E-state index is 11.0. The van der Waals surface area contributed by atoms with Gasteiger partial charge in [-0.1, -0.05) is 0 Å². The second-order valence-electron chi connectivity index (χ2n) is 3.04. The molecule has 0 heterocycles. The minimum Gasteiger partial charge on any atom is -0.495 e. The Balaban J connectivity index is 3.46. The van der Waals surface area contributed by atoms with Gasteiger partial charge < -0.3 is 10.1 Å². The molecule has 0 aliphatic heterocycles. The zero-order chi connectivity index (χ0) is 11.6. The first kappa shape index (κ1) is 11.8. The highest BCUT2D eigenvalue weighted by molar-refractivity contribution is 7.85. The van der Waals surface area contributed by atoms with E-state index in [1.165, 1.54) is 13.2 Å². The number of hydrogen-bond donors (Lipinski definition) is 2. The average Bonchev–Trinajstić information content (AvgIpc) is 2.15. The van der Waals surface area contributed by atoms with E-state index in [0.29, 0.717) is 17.0 Å². The third kappa shape index (κ3) is 2.40. The highest BCUT2D eigenvalue weighted by atomic mass is 32.2. The molecule has 2 N–H and O–H groups in total. The molecule has 0 amide bonds. The Hall–Kier alpha value is -1.27. The van der Waals surface area contributed by atoms with Gasteiger partial charge in [0.05, 0.1) is 12.8 Å². The van der Waals surface area contributed by atoms with Crippen LogP contribution in [-0.2, 0) is 10.1 Å². The van der Waals surface area contributed by atoms with Crippen molar-refractivity contribution in [2.45, 2.75) is 11.8 Å². The fourth-order valence-corrected chi connectivity index (χ4v) is 2.03. The molecule has 0 fully saturated rings. The summed E-state index contributed by atoms with van der Waals surface area (Å²) in [5.41, 5.74) is 1.13. The quantitative estimate of drug-likeness (QED) is 0.767. The molecular formula is C9H13NO4S. The summed E-state index contributed by atoms with van der Waals surface area (Å²) >= 11 is 0. The first-order valence-corrected chi connectivity index (χ1v) is 5.68. The molecule has 1 aromatic rings. The van der Waals surface area contributed by atoms with E-state index in [1.807, 2.05) is 0 Å². The highest BCUT2D eigenvalue weighted by Crippen LogP contribution is 2.29. The summed E-state index contributed by atoms with van der Waals surface area (Å²) in [4.78, 5) is -0.140. The van der Waals surface area contributed by atoms with Gasteiger partial charge >= 0.3 is 0 Å². The number of methoxy groups -OCH3 is 1. The van der Waals surface area contributed by atoms with Crippen LogP contribution in [0.15, 0.2) is 17.0 Å². The molecule has 0 saturated carbocycles. The molecule has 0 aromatic heterocycles. The van der Waals surface area contributed by atoms with Crippen LogP contribution in [0.3, 0.4) is 0 Å². The fourth-order valence-electron chi connectivity index (χ4n) is 1.31. The number of hydrogen-bond acceptors (Lipinski definition) is 4. The number of nitrogens with one attached hydrogen (secondary N) is 1. The van der Waals surface area contributed by atoms with Gasteiger partial charge in [0.1, 0.15) is 10.6 Å². The minimum absolute atomic E-state index is 0.140. The van der Waals surface area contributed by atoms with E-state index in [0.717, 1.165) is 0 Å². The number of rotatable bonds is 3. The Kier molecular flexibility index (Phi) is 3.21. The monoisotopic (exact) mass is 231 g/mol. The van der Waals surface area contributed by atoms with Crippen LogP contribution < -0.4 is 10.1 Å². The summed E-state index contributed by atoms with van der Waals surface area (Å²) in [6.07, 6.45) is 0. The Morgan fingerprint density at radius 2 is 2.00 bits per heavy atom. The van der Waals surface area contributed by atoms with Crippen molar-refractivity contribution in [1.29, 1.82) is 0 Å². The Labute approximate surface area is 88.8 Å². The number of anilines is 1. The van der Waals surface area contributed by atoms with E-state index < -0.39 is 10.1 Å². The third-order valence-corrected chi connectivity index (χ3v) is 3.04. The lowest BCUT2D eigenvalue weighted by Crippen LogP contribution is -2.03. The van der Waals surface area contributed by atoms with Crippen LogP contribution in [0.2, 0.25) is 0 Å². The second-order valence-corrected chi connectivity index (χ2v) is 4.43. The van der Waals surface area contributed by atoms with Crippen LogP contribution in [0.4, 0.5) is 5.69 Å². The molecule has 0 aliphatic rings. The predicted molar refractivity (Wildman–Crippen MR) is 57.1 cm³/mol. The van der Waals surface area contributed by atoms with E-state index in [-0.39, 0.29) is 4.90 Å². The Morgan fingerprint density at radius 3 is 2.40 bits per heavy atom. The summed E-state index contributed by atoms with van der Waals surface area (Å²) < 4.78 is 35.9. The van der Waals surface area contributed by atoms with Crippen molar-refractivity contribution < 1.29 is 17.7 Å². The van der Waals surface area contributed by atoms with Gasteiger partial charge in [-0.15, -0.1) is 0 Å². The number of aryl methyl sites for hydroxylation is 1. The molecule has 0 spiro atoms. The van der Waals surface area contributed by atoms with Crippen molar-refractivity contribution in [3.05, 3.63) is 17.7 Å². The third-order valence-electron chi connectivity index (χ3n) is 2.04. The van der Waals surface area contributed by atoms with Crippen LogP contribution in [-0.4, -0.2) is 27.1 Å². The van der Waals surface area contributed by atoms with E-state index >= 15 is 0 Å². The van der Waals surface area contributed by atoms with Crippen molar-refractivity contribution in [3.63, 3.8) is 0 Å². The van der Waals surface area contributed by atoms with Gasteiger partial charge in [-0.25, -0.2) is 0 Å². The molecule has 0 aliphatic carbocycles. The van der Waals surface area contributed by atoms with Crippen molar-refractivity contribution in [2.24, 2.45) is 0 Å². The molecule has 6 heteroatoms. The van der Waals surface area contributed by atoms with E-state index in [4.69, 9.17) is 9.29 Å². The zero-order valence-corrected chi connectivity index (χ0v) is 9.55. The maximum absolute atomic E-state index is 11.0. The van der Waals surface area contributed by atoms with Crippen LogP contribution >= 0.6 is 0 Å². The van der Waals surface area contributed by atoms with E-state index in [1.54, 1.807) is 20.0 Å². The Morgan fingerprint density at radius 1 is 1.40 bits per heavy atom. The van der Waals surface area contributed by atoms with Crippen molar-refractivity contribution in [2.75, 3.05) is 19.5 Å². The lowest BCUT2D eigenvalue weighted by atomic mass is 10.2. The maximum Gasteiger partial charge on any atom is 0.294 e. The Bertz CT molecular complexity index is 467. The van der Waals surface area contributed by atoms with Gasteiger partial charge in [-0.3, -0.25) is 4.55 Å². The first-order valence-electron chi connectivity index (χ1n) is 4.24. The molecule has 84 valence electrons. The van der Waals surface area contributed by atoms with Crippen molar-refractivity contribution in [1.82, 2.24) is 0 Å². The normalized spacial score (nSPS) is 11.2. The fraction of sp³-hybridized carbons (Fsp3) is 0.333. The zero-order valence-electron chi connectivity index (χ0n) is 8.73. The molecule has 0 atom stereocenters. The molecular weight excluding hydrogens is 218 g/mol. The van der Waals surface area contributed by atoms with Crippen LogP contribution in [0.1, 0.15) is 5.56 Å². The van der Waals surface area contributed by atoms with Crippen LogP contribution in [0, 0.1) is 6.92 Å². The largest absolute Gasteiger partial charge is 0.495 e. The smallest absolute Gasteiger partial charge is 0.294 e. The SMILES string of the molecule is CNc1cc(C)c(S(=O)(=O)O)cc1OC.